The van der Waals surface area contributed by atoms with Crippen molar-refractivity contribution < 1.29 is 5.11 Å². The molecule has 0 aromatic heterocycles. The van der Waals surface area contributed by atoms with Gasteiger partial charge in [-0.1, -0.05) is 96.5 Å². The van der Waals surface area contributed by atoms with Gasteiger partial charge in [-0.2, -0.15) is 0 Å². The van der Waals surface area contributed by atoms with E-state index in [9.17, 15) is 5.11 Å². The van der Waals surface area contributed by atoms with Gasteiger partial charge in [-0.25, -0.2) is 0 Å². The van der Waals surface area contributed by atoms with Gasteiger partial charge in [0.1, 0.15) is 5.60 Å². The molecule has 2 heteroatoms. The Bertz CT molecular complexity index is 778. The number of rotatable bonds is 4. The van der Waals surface area contributed by atoms with Gasteiger partial charge in [0.25, 0.3) is 0 Å². The number of benzene rings is 3. The molecule has 0 radical (unpaired) electrons. The molecule has 0 saturated carbocycles. The van der Waals surface area contributed by atoms with Gasteiger partial charge in [0.2, 0.25) is 0 Å². The average molecular weight is 330 g/mol. The van der Waals surface area contributed by atoms with Gasteiger partial charge in [-0.05, 0) is 28.5 Å². The molecule has 3 rings (SSSR count). The van der Waals surface area contributed by atoms with E-state index in [1.807, 2.05) is 91.0 Å². The molecule has 1 nitrogen and oxygen atoms in total. The maximum absolute atomic E-state index is 11.4. The van der Waals surface area contributed by atoms with E-state index < -0.39 is 5.60 Å². The van der Waals surface area contributed by atoms with Crippen LogP contribution in [0.2, 0.25) is 0 Å². The van der Waals surface area contributed by atoms with Crippen molar-refractivity contribution in [3.05, 3.63) is 108 Å². The Balaban J connectivity index is 1.83. The summed E-state index contributed by atoms with van der Waals surface area (Å²) < 4.78 is 0. The Hall–Kier alpha value is -2.47. The molecule has 0 aliphatic heterocycles. The third-order valence-corrected chi connectivity index (χ3v) is 4.63. The second kappa shape index (κ2) is 7.88. The summed E-state index contributed by atoms with van der Waals surface area (Å²) in [5, 5.41) is 14.5. The molecule has 0 atom stereocenters. The van der Waals surface area contributed by atoms with Crippen LogP contribution >= 0.6 is 11.8 Å². The summed E-state index contributed by atoms with van der Waals surface area (Å²) in [4.78, 5) is 0. The van der Waals surface area contributed by atoms with Crippen LogP contribution in [0.3, 0.4) is 0 Å². The molecule has 0 aliphatic carbocycles. The molecule has 0 amide bonds. The van der Waals surface area contributed by atoms with Crippen molar-refractivity contribution in [3.63, 3.8) is 0 Å². The zero-order chi connectivity index (χ0) is 16.7. The zero-order valence-corrected chi connectivity index (χ0v) is 14.0. The largest absolute Gasteiger partial charge is 0.379 e. The van der Waals surface area contributed by atoms with Crippen molar-refractivity contribution >= 4 is 11.8 Å². The first-order chi connectivity index (χ1) is 11.8. The predicted octanol–water partition coefficient (Wildman–Crippen LogP) is 4.66. The summed E-state index contributed by atoms with van der Waals surface area (Å²) in [6.45, 7) is 0. The fourth-order valence-corrected chi connectivity index (χ4v) is 3.32. The van der Waals surface area contributed by atoms with Crippen molar-refractivity contribution in [2.75, 3.05) is 5.75 Å². The van der Waals surface area contributed by atoms with E-state index in [1.54, 1.807) is 0 Å². The predicted molar refractivity (Wildman–Crippen MR) is 102 cm³/mol. The molecule has 0 aliphatic rings. The van der Waals surface area contributed by atoms with Crippen LogP contribution in [-0.2, 0) is 5.60 Å². The molecule has 0 unspecified atom stereocenters. The Morgan fingerprint density at radius 1 is 0.708 bits per heavy atom. The third kappa shape index (κ3) is 3.89. The molecular weight excluding hydrogens is 312 g/mol. The summed E-state index contributed by atoms with van der Waals surface area (Å²) in [6, 6.07) is 29.4. The first-order valence-electron chi connectivity index (χ1n) is 7.80. The van der Waals surface area contributed by atoms with Gasteiger partial charge in [0.05, 0.1) is 0 Å². The summed E-state index contributed by atoms with van der Waals surface area (Å²) in [5.41, 5.74) is 1.68. The van der Waals surface area contributed by atoms with E-state index in [1.165, 1.54) is 11.8 Å². The average Bonchev–Trinajstić information content (AvgIpc) is 2.67. The van der Waals surface area contributed by atoms with Gasteiger partial charge in [0, 0.05) is 11.3 Å². The second-order valence-corrected chi connectivity index (χ2v) is 6.26. The lowest BCUT2D eigenvalue weighted by atomic mass is 9.88. The van der Waals surface area contributed by atoms with Gasteiger partial charge >= 0.3 is 0 Å². The minimum absolute atomic E-state index is 0.473. The molecule has 3 aromatic carbocycles. The summed E-state index contributed by atoms with van der Waals surface area (Å²) >= 11 is 1.43. The summed E-state index contributed by atoms with van der Waals surface area (Å²) in [6.07, 6.45) is 0. The van der Waals surface area contributed by atoms with Crippen molar-refractivity contribution in [3.8, 4) is 11.2 Å². The van der Waals surface area contributed by atoms with Crippen LogP contribution < -0.4 is 0 Å². The number of thioether (sulfide) groups is 1. The van der Waals surface area contributed by atoms with E-state index in [0.29, 0.717) is 5.75 Å². The fourth-order valence-electron chi connectivity index (χ4n) is 2.52. The first kappa shape index (κ1) is 16.4. The minimum Gasteiger partial charge on any atom is -0.379 e. The first-order valence-corrected chi connectivity index (χ1v) is 8.79. The topological polar surface area (TPSA) is 20.2 Å². The number of hydrogen-bond acceptors (Lipinski definition) is 2. The zero-order valence-electron chi connectivity index (χ0n) is 13.2. The van der Waals surface area contributed by atoms with Gasteiger partial charge in [-0.3, -0.25) is 0 Å². The third-order valence-electron chi connectivity index (χ3n) is 3.83. The van der Waals surface area contributed by atoms with Crippen LogP contribution in [0, 0.1) is 11.2 Å². The smallest absolute Gasteiger partial charge is 0.125 e. The molecular formula is C22H18OS. The van der Waals surface area contributed by atoms with E-state index in [0.717, 1.165) is 16.7 Å². The van der Waals surface area contributed by atoms with Crippen LogP contribution in [0.25, 0.3) is 0 Å². The van der Waals surface area contributed by atoms with Crippen molar-refractivity contribution in [1.82, 2.24) is 0 Å². The molecule has 118 valence electrons. The van der Waals surface area contributed by atoms with Crippen LogP contribution in [0.4, 0.5) is 0 Å². The number of aliphatic hydroxyl groups is 1. The van der Waals surface area contributed by atoms with Crippen LogP contribution in [0.5, 0.6) is 0 Å². The molecule has 0 bridgehead atoms. The highest BCUT2D eigenvalue weighted by Crippen LogP contribution is 2.32. The highest BCUT2D eigenvalue weighted by atomic mass is 32.2. The lowest BCUT2D eigenvalue weighted by Crippen LogP contribution is -2.30. The van der Waals surface area contributed by atoms with E-state index in [-0.39, 0.29) is 0 Å². The fraction of sp³-hybridized carbons (Fsp3) is 0.0909. The van der Waals surface area contributed by atoms with Crippen LogP contribution in [0.1, 0.15) is 16.7 Å². The normalized spacial score (nSPS) is 10.7. The van der Waals surface area contributed by atoms with Crippen molar-refractivity contribution in [2.24, 2.45) is 0 Å². The Labute approximate surface area is 147 Å². The lowest BCUT2D eigenvalue weighted by molar-refractivity contribution is 0.108. The Kier molecular flexibility index (Phi) is 5.38. The van der Waals surface area contributed by atoms with Crippen molar-refractivity contribution in [2.45, 2.75) is 5.60 Å². The standard InChI is InChI=1S/C22H18OS/c23-22(20-12-6-2-7-13-20,21-14-8-3-9-15-21)18-24-17-16-19-10-4-1-5-11-19/h1-15,23H,18H2. The summed E-state index contributed by atoms with van der Waals surface area (Å²) in [7, 11) is 0. The molecule has 1 N–H and O–H groups in total. The van der Waals surface area contributed by atoms with Crippen LogP contribution in [-0.4, -0.2) is 10.9 Å². The Morgan fingerprint density at radius 3 is 1.67 bits per heavy atom. The van der Waals surface area contributed by atoms with E-state index in [4.69, 9.17) is 0 Å². The second-order valence-electron chi connectivity index (χ2n) is 5.47. The van der Waals surface area contributed by atoms with E-state index in [2.05, 4.69) is 11.2 Å². The van der Waals surface area contributed by atoms with Gasteiger partial charge in [0.15, 0.2) is 0 Å². The molecule has 3 aromatic rings. The number of hydrogen-bond donors (Lipinski definition) is 1. The molecule has 0 saturated heterocycles. The van der Waals surface area contributed by atoms with Gasteiger partial charge in [-0.15, -0.1) is 0 Å². The monoisotopic (exact) mass is 330 g/mol. The molecule has 0 fully saturated rings. The lowest BCUT2D eigenvalue weighted by Gasteiger charge is -2.28. The molecule has 0 spiro atoms. The van der Waals surface area contributed by atoms with E-state index >= 15 is 0 Å². The minimum atomic E-state index is -1.06. The molecule has 24 heavy (non-hydrogen) atoms. The highest BCUT2D eigenvalue weighted by molar-refractivity contribution is 8.03. The van der Waals surface area contributed by atoms with Crippen LogP contribution in [0.15, 0.2) is 91.0 Å². The summed E-state index contributed by atoms with van der Waals surface area (Å²) in [5.74, 6) is 3.60. The maximum Gasteiger partial charge on any atom is 0.125 e. The maximum atomic E-state index is 11.4. The van der Waals surface area contributed by atoms with Crippen molar-refractivity contribution in [1.29, 1.82) is 0 Å². The quantitative estimate of drug-likeness (QED) is 0.702. The SMILES string of the molecule is OC(CSC#Cc1ccccc1)(c1ccccc1)c1ccccc1. The molecule has 0 heterocycles. The Morgan fingerprint density at radius 2 is 1.17 bits per heavy atom. The van der Waals surface area contributed by atoms with Gasteiger partial charge < -0.3 is 5.11 Å². The highest BCUT2D eigenvalue weighted by Gasteiger charge is 2.31.